The predicted molar refractivity (Wildman–Crippen MR) is 77.0 cm³/mol. The zero-order valence-electron chi connectivity index (χ0n) is 11.6. The molecule has 0 heterocycles. The second-order valence-corrected chi connectivity index (χ2v) is 5.48. The molecule has 2 heteroatoms. The van der Waals surface area contributed by atoms with Crippen LogP contribution in [-0.4, -0.2) is 13.7 Å². The van der Waals surface area contributed by atoms with Gasteiger partial charge in [-0.15, -0.1) is 0 Å². The van der Waals surface area contributed by atoms with Crippen LogP contribution >= 0.6 is 0 Å². The van der Waals surface area contributed by atoms with E-state index in [1.165, 1.54) is 36.8 Å². The fraction of sp³-hybridized carbons (Fsp3) is 0.529. The van der Waals surface area contributed by atoms with Crippen LogP contribution in [-0.2, 0) is 11.2 Å². The first-order valence-corrected chi connectivity index (χ1v) is 7.16. The van der Waals surface area contributed by atoms with E-state index in [0.717, 1.165) is 12.5 Å². The van der Waals surface area contributed by atoms with Gasteiger partial charge in [0.2, 0.25) is 0 Å². The van der Waals surface area contributed by atoms with Crippen molar-refractivity contribution >= 4 is 0 Å². The molecule has 0 N–H and O–H groups in total. The Morgan fingerprint density at radius 1 is 1.16 bits per heavy atom. The summed E-state index contributed by atoms with van der Waals surface area (Å²) < 4.78 is 17.2. The lowest BCUT2D eigenvalue weighted by Gasteiger charge is -2.28. The van der Waals surface area contributed by atoms with Crippen molar-refractivity contribution in [3.63, 3.8) is 0 Å². The minimum Gasteiger partial charge on any atom is -0.384 e. The van der Waals surface area contributed by atoms with Crippen LogP contribution in [0.5, 0.6) is 0 Å². The van der Waals surface area contributed by atoms with Gasteiger partial charge in [-0.05, 0) is 55.1 Å². The zero-order valence-corrected chi connectivity index (χ0v) is 11.6. The van der Waals surface area contributed by atoms with Crippen LogP contribution in [0, 0.1) is 5.92 Å². The first-order valence-electron chi connectivity index (χ1n) is 7.16. The van der Waals surface area contributed by atoms with E-state index in [0.29, 0.717) is 18.7 Å². The Kier molecular flexibility index (Phi) is 5.59. The van der Waals surface area contributed by atoms with E-state index in [9.17, 15) is 4.39 Å². The third-order valence-electron chi connectivity index (χ3n) is 4.14. The molecule has 2 rings (SSSR count). The van der Waals surface area contributed by atoms with Crippen molar-refractivity contribution in [1.82, 2.24) is 0 Å². The van der Waals surface area contributed by atoms with Gasteiger partial charge in [-0.1, -0.05) is 30.3 Å². The molecule has 104 valence electrons. The molecule has 0 bridgehead atoms. The fourth-order valence-corrected chi connectivity index (χ4v) is 3.00. The number of methoxy groups -OCH3 is 1. The third-order valence-corrected chi connectivity index (χ3v) is 4.14. The van der Waals surface area contributed by atoms with Crippen LogP contribution in [0.2, 0.25) is 0 Å². The van der Waals surface area contributed by atoms with E-state index in [1.807, 2.05) is 0 Å². The molecule has 0 radical (unpaired) electrons. The second kappa shape index (κ2) is 7.44. The van der Waals surface area contributed by atoms with E-state index in [4.69, 9.17) is 4.74 Å². The van der Waals surface area contributed by atoms with Gasteiger partial charge in [-0.3, -0.25) is 0 Å². The zero-order chi connectivity index (χ0) is 13.5. The van der Waals surface area contributed by atoms with E-state index >= 15 is 0 Å². The number of hydrogen-bond acceptors (Lipinski definition) is 1. The topological polar surface area (TPSA) is 9.23 Å². The van der Waals surface area contributed by atoms with Gasteiger partial charge >= 0.3 is 0 Å². The summed E-state index contributed by atoms with van der Waals surface area (Å²) in [6.07, 6.45) is 7.90. The van der Waals surface area contributed by atoms with Crippen LogP contribution < -0.4 is 0 Å². The molecule has 1 fully saturated rings. The van der Waals surface area contributed by atoms with Crippen molar-refractivity contribution in [2.75, 3.05) is 13.7 Å². The highest BCUT2D eigenvalue weighted by molar-refractivity contribution is 5.27. The molecule has 19 heavy (non-hydrogen) atoms. The van der Waals surface area contributed by atoms with Gasteiger partial charge in [0.25, 0.3) is 0 Å². The Morgan fingerprint density at radius 2 is 1.84 bits per heavy atom. The molecule has 0 saturated heterocycles. The molecule has 1 aliphatic rings. The summed E-state index contributed by atoms with van der Waals surface area (Å²) in [7, 11) is 1.79. The first kappa shape index (κ1) is 14.3. The predicted octanol–water partition coefficient (Wildman–Crippen LogP) is 4.63. The number of benzene rings is 1. The Morgan fingerprint density at radius 3 is 2.42 bits per heavy atom. The lowest BCUT2D eigenvalue weighted by Crippen LogP contribution is -2.17. The summed E-state index contributed by atoms with van der Waals surface area (Å²) in [4.78, 5) is 0. The lowest BCUT2D eigenvalue weighted by atomic mass is 9.79. The second-order valence-electron chi connectivity index (χ2n) is 5.48. The summed E-state index contributed by atoms with van der Waals surface area (Å²) in [6, 6.07) is 8.67. The number of ether oxygens (including phenoxy) is 1. The minimum absolute atomic E-state index is 0.616. The molecule has 1 aliphatic carbocycles. The van der Waals surface area contributed by atoms with Crippen LogP contribution in [0.1, 0.15) is 42.7 Å². The number of halogens is 1. The largest absolute Gasteiger partial charge is 0.384 e. The molecule has 1 saturated carbocycles. The first-order chi connectivity index (χ1) is 9.33. The van der Waals surface area contributed by atoms with Gasteiger partial charge in [-0.2, -0.15) is 0 Å². The number of hydrogen-bond donors (Lipinski definition) is 0. The highest BCUT2D eigenvalue weighted by Crippen LogP contribution is 2.35. The van der Waals surface area contributed by atoms with E-state index in [-0.39, 0.29) is 0 Å². The molecule has 0 spiro atoms. The van der Waals surface area contributed by atoms with E-state index in [2.05, 4.69) is 24.3 Å². The maximum atomic E-state index is 12.0. The summed E-state index contributed by atoms with van der Waals surface area (Å²) in [5.74, 6) is 1.44. The smallest absolute Gasteiger partial charge is 0.0830 e. The number of allylic oxidation sites excluding steroid dienone is 1. The normalized spacial score (nSPS) is 23.9. The van der Waals surface area contributed by atoms with Gasteiger partial charge in [0.05, 0.1) is 6.33 Å². The summed E-state index contributed by atoms with van der Waals surface area (Å²) >= 11 is 0. The van der Waals surface area contributed by atoms with Gasteiger partial charge < -0.3 is 4.74 Å². The summed E-state index contributed by atoms with van der Waals surface area (Å²) in [5.41, 5.74) is 2.61. The molecule has 1 aromatic rings. The van der Waals surface area contributed by atoms with Crippen molar-refractivity contribution < 1.29 is 9.13 Å². The molecule has 1 nitrogen and oxygen atoms in total. The van der Waals surface area contributed by atoms with Crippen molar-refractivity contribution in [2.24, 2.45) is 5.92 Å². The van der Waals surface area contributed by atoms with Gasteiger partial charge in [0.15, 0.2) is 0 Å². The molecule has 0 aromatic heterocycles. The Bertz CT molecular complexity index is 388. The van der Waals surface area contributed by atoms with Crippen LogP contribution in [0.3, 0.4) is 0 Å². The summed E-state index contributed by atoms with van der Waals surface area (Å²) in [6.45, 7) is 0.904. The van der Waals surface area contributed by atoms with Gasteiger partial charge in [-0.25, -0.2) is 4.39 Å². The van der Waals surface area contributed by atoms with E-state index in [1.54, 1.807) is 13.2 Å². The number of rotatable bonds is 5. The lowest BCUT2D eigenvalue weighted by molar-refractivity contribution is 0.127. The average Bonchev–Trinajstić information content (AvgIpc) is 2.47. The van der Waals surface area contributed by atoms with Crippen molar-refractivity contribution in [3.05, 3.63) is 47.8 Å². The van der Waals surface area contributed by atoms with Crippen LogP contribution in [0.4, 0.5) is 4.39 Å². The van der Waals surface area contributed by atoms with Gasteiger partial charge in [0.1, 0.15) is 0 Å². The molecule has 0 unspecified atom stereocenters. The maximum absolute atomic E-state index is 12.0. The molecule has 1 aromatic carbocycles. The molecule has 0 amide bonds. The molecular weight excluding hydrogens is 239 g/mol. The quantitative estimate of drug-likeness (QED) is 0.751. The standard InChI is InChI=1S/C17H23FO/c1-19-13-15-6-10-17(11-7-15)16-8-4-14(5-9-16)3-2-12-18/h2,4-5,8-9,12,15,17H,3,6-7,10-11,13H2,1H3. The Labute approximate surface area is 115 Å². The molecule has 0 atom stereocenters. The monoisotopic (exact) mass is 262 g/mol. The SMILES string of the molecule is COCC1CCC(c2ccc(CC=CF)cc2)CC1. The maximum Gasteiger partial charge on any atom is 0.0830 e. The average molecular weight is 262 g/mol. The van der Waals surface area contributed by atoms with E-state index < -0.39 is 0 Å². The highest BCUT2D eigenvalue weighted by Gasteiger charge is 2.21. The van der Waals surface area contributed by atoms with Crippen molar-refractivity contribution in [1.29, 1.82) is 0 Å². The molecular formula is C17H23FO. The van der Waals surface area contributed by atoms with Crippen molar-refractivity contribution in [3.8, 4) is 0 Å². The minimum atomic E-state index is 0.616. The van der Waals surface area contributed by atoms with Crippen LogP contribution in [0.15, 0.2) is 36.7 Å². The van der Waals surface area contributed by atoms with Crippen molar-refractivity contribution in [2.45, 2.75) is 38.0 Å². The van der Waals surface area contributed by atoms with Crippen LogP contribution in [0.25, 0.3) is 0 Å². The fourth-order valence-electron chi connectivity index (χ4n) is 3.00. The Balaban J connectivity index is 1.89. The summed E-state index contributed by atoms with van der Waals surface area (Å²) in [5, 5.41) is 0. The highest BCUT2D eigenvalue weighted by atomic mass is 19.1. The molecule has 0 aliphatic heterocycles. The third kappa shape index (κ3) is 4.17. The Hall–Kier alpha value is -1.15. The van der Waals surface area contributed by atoms with Gasteiger partial charge in [0, 0.05) is 13.7 Å².